The molecular weight excluding hydrogens is 284 g/mol. The molecule has 3 nitrogen and oxygen atoms in total. The summed E-state index contributed by atoms with van der Waals surface area (Å²) in [6.07, 6.45) is 0.930. The minimum Gasteiger partial charge on any atom is -0.333 e. The van der Waals surface area contributed by atoms with Gasteiger partial charge < -0.3 is 4.57 Å². The highest BCUT2D eigenvalue weighted by molar-refractivity contribution is 6.04. The summed E-state index contributed by atoms with van der Waals surface area (Å²) in [5, 5.41) is 1.22. The second kappa shape index (κ2) is 5.67. The van der Waals surface area contributed by atoms with E-state index in [4.69, 9.17) is 0 Å². The SMILES string of the molecule is CN1CCc2c(n(Cc3ccccc3)c3ccccc23)C(=O)C1. The summed E-state index contributed by atoms with van der Waals surface area (Å²) in [5.41, 5.74) is 4.51. The summed E-state index contributed by atoms with van der Waals surface area (Å²) >= 11 is 0. The van der Waals surface area contributed by atoms with Crippen molar-refractivity contribution in [2.45, 2.75) is 13.0 Å². The Balaban J connectivity index is 1.92. The summed E-state index contributed by atoms with van der Waals surface area (Å²) in [6, 6.07) is 18.8. The average molecular weight is 304 g/mol. The van der Waals surface area contributed by atoms with E-state index < -0.39 is 0 Å². The lowest BCUT2D eigenvalue weighted by Gasteiger charge is -2.13. The molecule has 1 aromatic heterocycles. The number of hydrogen-bond acceptors (Lipinski definition) is 2. The number of likely N-dealkylation sites (N-methyl/N-ethyl adjacent to an activating group) is 1. The van der Waals surface area contributed by atoms with E-state index in [1.54, 1.807) is 0 Å². The number of fused-ring (bicyclic) bond motifs is 3. The third-order valence-electron chi connectivity index (χ3n) is 4.68. The van der Waals surface area contributed by atoms with E-state index >= 15 is 0 Å². The monoisotopic (exact) mass is 304 g/mol. The van der Waals surface area contributed by atoms with E-state index in [2.05, 4.69) is 58.0 Å². The minimum atomic E-state index is 0.229. The van der Waals surface area contributed by atoms with Gasteiger partial charge >= 0.3 is 0 Å². The molecule has 0 N–H and O–H groups in total. The molecule has 0 saturated heterocycles. The molecule has 0 radical (unpaired) electrons. The molecule has 0 bridgehead atoms. The summed E-state index contributed by atoms with van der Waals surface area (Å²) in [5.74, 6) is 0.229. The van der Waals surface area contributed by atoms with Gasteiger partial charge in [-0.1, -0.05) is 48.5 Å². The van der Waals surface area contributed by atoms with Crippen LogP contribution in [0.25, 0.3) is 10.9 Å². The maximum Gasteiger partial charge on any atom is 0.193 e. The standard InChI is InChI=1S/C20H20N2O/c1-21-12-11-17-16-9-5-6-10-18(16)22(20(17)19(23)14-21)13-15-7-3-2-4-8-15/h2-10H,11-14H2,1H3. The van der Waals surface area contributed by atoms with Crippen molar-refractivity contribution >= 4 is 16.7 Å². The number of benzene rings is 2. The van der Waals surface area contributed by atoms with Crippen molar-refractivity contribution in [2.24, 2.45) is 0 Å². The Kier molecular flexibility index (Phi) is 3.50. The van der Waals surface area contributed by atoms with Crippen molar-refractivity contribution in [1.29, 1.82) is 0 Å². The van der Waals surface area contributed by atoms with Crippen LogP contribution in [-0.4, -0.2) is 35.4 Å². The fraction of sp³-hybridized carbons (Fsp3) is 0.250. The Morgan fingerprint density at radius 2 is 1.74 bits per heavy atom. The highest BCUT2D eigenvalue weighted by Crippen LogP contribution is 2.29. The van der Waals surface area contributed by atoms with Gasteiger partial charge in [-0.25, -0.2) is 0 Å². The van der Waals surface area contributed by atoms with Crippen LogP contribution in [-0.2, 0) is 13.0 Å². The molecule has 0 saturated carbocycles. The van der Waals surface area contributed by atoms with Crippen molar-refractivity contribution in [3.8, 4) is 0 Å². The molecule has 0 atom stereocenters. The molecule has 3 heteroatoms. The number of carbonyl (C=O) groups excluding carboxylic acids is 1. The largest absolute Gasteiger partial charge is 0.333 e. The van der Waals surface area contributed by atoms with Crippen LogP contribution in [0.3, 0.4) is 0 Å². The average Bonchev–Trinajstić information content (AvgIpc) is 2.79. The highest BCUT2D eigenvalue weighted by Gasteiger charge is 2.26. The Labute approximate surface area is 136 Å². The van der Waals surface area contributed by atoms with E-state index in [-0.39, 0.29) is 5.78 Å². The molecule has 0 amide bonds. The van der Waals surface area contributed by atoms with E-state index in [1.165, 1.54) is 22.0 Å². The first-order valence-electron chi connectivity index (χ1n) is 8.10. The number of para-hydroxylation sites is 1. The molecule has 0 fully saturated rings. The van der Waals surface area contributed by atoms with Crippen LogP contribution in [0.15, 0.2) is 54.6 Å². The summed E-state index contributed by atoms with van der Waals surface area (Å²) in [4.78, 5) is 14.9. The van der Waals surface area contributed by atoms with Crippen LogP contribution in [0.5, 0.6) is 0 Å². The molecule has 4 rings (SSSR count). The molecule has 1 aliphatic heterocycles. The first-order chi connectivity index (χ1) is 11.2. The third kappa shape index (κ3) is 2.47. The highest BCUT2D eigenvalue weighted by atomic mass is 16.1. The van der Waals surface area contributed by atoms with Crippen LogP contribution in [0, 0.1) is 0 Å². The summed E-state index contributed by atoms with van der Waals surface area (Å²) in [6.45, 7) is 2.17. The van der Waals surface area contributed by atoms with Crippen molar-refractivity contribution in [1.82, 2.24) is 9.47 Å². The molecule has 3 aromatic rings. The van der Waals surface area contributed by atoms with Crippen LogP contribution < -0.4 is 0 Å². The summed E-state index contributed by atoms with van der Waals surface area (Å²) < 4.78 is 2.21. The number of ketones is 1. The maximum absolute atomic E-state index is 12.8. The van der Waals surface area contributed by atoms with Gasteiger partial charge in [-0.2, -0.15) is 0 Å². The quantitative estimate of drug-likeness (QED) is 0.725. The third-order valence-corrected chi connectivity index (χ3v) is 4.68. The molecule has 2 aromatic carbocycles. The lowest BCUT2D eigenvalue weighted by Crippen LogP contribution is -2.26. The van der Waals surface area contributed by atoms with Crippen molar-refractivity contribution < 1.29 is 4.79 Å². The van der Waals surface area contributed by atoms with E-state index in [1.807, 2.05) is 13.1 Å². The number of nitrogens with zero attached hydrogens (tertiary/aromatic N) is 2. The predicted octanol–water partition coefficient (Wildman–Crippen LogP) is 3.36. The predicted molar refractivity (Wildman–Crippen MR) is 93.0 cm³/mol. The van der Waals surface area contributed by atoms with E-state index in [0.717, 1.165) is 25.2 Å². The lowest BCUT2D eigenvalue weighted by atomic mass is 10.1. The van der Waals surface area contributed by atoms with E-state index in [0.29, 0.717) is 6.54 Å². The second-order valence-corrected chi connectivity index (χ2v) is 6.33. The smallest absolute Gasteiger partial charge is 0.193 e. The lowest BCUT2D eigenvalue weighted by molar-refractivity contribution is 0.0946. The van der Waals surface area contributed by atoms with Gasteiger partial charge in [-0.15, -0.1) is 0 Å². The first kappa shape index (κ1) is 14.2. The molecule has 2 heterocycles. The fourth-order valence-electron chi connectivity index (χ4n) is 3.58. The molecule has 116 valence electrons. The van der Waals surface area contributed by atoms with Crippen molar-refractivity contribution in [2.75, 3.05) is 20.1 Å². The normalized spacial score (nSPS) is 15.6. The van der Waals surface area contributed by atoms with Gasteiger partial charge in [0.25, 0.3) is 0 Å². The zero-order valence-corrected chi connectivity index (χ0v) is 13.3. The van der Waals surface area contributed by atoms with Crippen LogP contribution in [0.4, 0.5) is 0 Å². The molecule has 0 unspecified atom stereocenters. The van der Waals surface area contributed by atoms with Crippen LogP contribution in [0.2, 0.25) is 0 Å². The molecule has 1 aliphatic rings. The number of hydrogen-bond donors (Lipinski definition) is 0. The van der Waals surface area contributed by atoms with Gasteiger partial charge in [0, 0.05) is 24.0 Å². The topological polar surface area (TPSA) is 25.2 Å². The second-order valence-electron chi connectivity index (χ2n) is 6.33. The Bertz CT molecular complexity index is 864. The number of aromatic nitrogens is 1. The van der Waals surface area contributed by atoms with Gasteiger partial charge in [0.1, 0.15) is 0 Å². The van der Waals surface area contributed by atoms with Gasteiger partial charge in [-0.3, -0.25) is 9.69 Å². The van der Waals surface area contributed by atoms with Crippen LogP contribution >= 0.6 is 0 Å². The molecular formula is C20H20N2O. The Morgan fingerprint density at radius 1 is 1.00 bits per heavy atom. The zero-order chi connectivity index (χ0) is 15.8. The van der Waals surface area contributed by atoms with Gasteiger partial charge in [0.15, 0.2) is 5.78 Å². The van der Waals surface area contributed by atoms with Crippen molar-refractivity contribution in [3.05, 3.63) is 71.4 Å². The van der Waals surface area contributed by atoms with Gasteiger partial charge in [0.2, 0.25) is 0 Å². The van der Waals surface area contributed by atoms with Crippen LogP contribution in [0.1, 0.15) is 21.6 Å². The summed E-state index contributed by atoms with van der Waals surface area (Å²) in [7, 11) is 2.02. The maximum atomic E-state index is 12.8. The Hall–Kier alpha value is -2.39. The van der Waals surface area contributed by atoms with Gasteiger partial charge in [0.05, 0.1) is 12.2 Å². The first-order valence-corrected chi connectivity index (χ1v) is 8.10. The van der Waals surface area contributed by atoms with Gasteiger partial charge in [-0.05, 0) is 30.7 Å². The molecule has 0 spiro atoms. The number of carbonyl (C=O) groups is 1. The van der Waals surface area contributed by atoms with E-state index in [9.17, 15) is 4.79 Å². The molecule has 0 aliphatic carbocycles. The number of rotatable bonds is 2. The fourth-order valence-corrected chi connectivity index (χ4v) is 3.58. The molecule has 23 heavy (non-hydrogen) atoms. The van der Waals surface area contributed by atoms with Crippen molar-refractivity contribution in [3.63, 3.8) is 0 Å². The minimum absolute atomic E-state index is 0.229. The Morgan fingerprint density at radius 3 is 2.57 bits per heavy atom. The number of Topliss-reactive ketones (excluding diaryl/α,β-unsaturated/α-hetero) is 1. The zero-order valence-electron chi connectivity index (χ0n) is 13.3.